The minimum Gasteiger partial charge on any atom is -0.343 e. The number of carbonyl (C=O) groups is 2. The summed E-state index contributed by atoms with van der Waals surface area (Å²) in [5.74, 6) is 0.00275. The second-order valence-corrected chi connectivity index (χ2v) is 5.47. The summed E-state index contributed by atoms with van der Waals surface area (Å²) < 4.78 is 0. The number of amides is 2. The number of hydrogen-bond acceptors (Lipinski definition) is 4. The third kappa shape index (κ3) is 4.29. The highest BCUT2D eigenvalue weighted by Gasteiger charge is 2.11. The van der Waals surface area contributed by atoms with E-state index in [1.807, 2.05) is 37.3 Å². The van der Waals surface area contributed by atoms with Crippen LogP contribution < -0.4 is 10.6 Å². The van der Waals surface area contributed by atoms with Gasteiger partial charge < -0.3 is 5.32 Å². The highest BCUT2D eigenvalue weighted by molar-refractivity contribution is 5.98. The zero-order valence-electron chi connectivity index (χ0n) is 13.6. The van der Waals surface area contributed by atoms with E-state index in [-0.39, 0.29) is 18.4 Å². The number of aryl methyl sites for hydroxylation is 1. The van der Waals surface area contributed by atoms with Crippen molar-refractivity contribution in [2.75, 3.05) is 11.9 Å². The van der Waals surface area contributed by atoms with Crippen LogP contribution in [0.15, 0.2) is 54.6 Å². The fourth-order valence-corrected chi connectivity index (χ4v) is 2.18. The molecule has 0 aliphatic rings. The van der Waals surface area contributed by atoms with Crippen LogP contribution in [-0.4, -0.2) is 33.5 Å². The summed E-state index contributed by atoms with van der Waals surface area (Å²) in [7, 11) is 0. The SMILES string of the molecule is Cc1ccc(-c2nc(NC(=O)CNC(=O)c3ccccc3)n[nH]2)cc1. The lowest BCUT2D eigenvalue weighted by Crippen LogP contribution is -2.33. The Labute approximate surface area is 144 Å². The maximum atomic E-state index is 11.9. The molecule has 0 fully saturated rings. The normalized spacial score (nSPS) is 10.3. The predicted octanol–water partition coefficient (Wildman–Crippen LogP) is 2.15. The lowest BCUT2D eigenvalue weighted by molar-refractivity contribution is -0.115. The predicted molar refractivity (Wildman–Crippen MR) is 94.0 cm³/mol. The number of nitrogens with zero attached hydrogens (tertiary/aromatic N) is 2. The van der Waals surface area contributed by atoms with Crippen LogP contribution in [0.3, 0.4) is 0 Å². The van der Waals surface area contributed by atoms with Gasteiger partial charge in [0.15, 0.2) is 5.82 Å². The molecule has 3 aromatic rings. The van der Waals surface area contributed by atoms with Crippen molar-refractivity contribution in [3.8, 4) is 11.4 Å². The standard InChI is InChI=1S/C18H17N5O2/c1-12-7-9-13(10-8-12)16-21-18(23-22-16)20-15(24)11-19-17(25)14-5-3-2-4-6-14/h2-10H,11H2,1H3,(H,19,25)(H2,20,21,22,23,24). The number of hydrogen-bond donors (Lipinski definition) is 3. The zero-order chi connectivity index (χ0) is 17.6. The number of carbonyl (C=O) groups excluding carboxylic acids is 2. The third-order valence-electron chi connectivity index (χ3n) is 3.51. The number of aromatic nitrogens is 3. The molecular weight excluding hydrogens is 318 g/mol. The summed E-state index contributed by atoms with van der Waals surface area (Å²) in [6.45, 7) is 1.84. The molecule has 0 bridgehead atoms. The molecule has 0 atom stereocenters. The largest absolute Gasteiger partial charge is 0.343 e. The van der Waals surface area contributed by atoms with E-state index in [4.69, 9.17) is 0 Å². The van der Waals surface area contributed by atoms with Crippen molar-refractivity contribution in [2.45, 2.75) is 6.92 Å². The van der Waals surface area contributed by atoms with E-state index >= 15 is 0 Å². The van der Waals surface area contributed by atoms with E-state index in [0.29, 0.717) is 11.4 Å². The summed E-state index contributed by atoms with van der Waals surface area (Å²) in [6.07, 6.45) is 0. The number of H-pyrrole nitrogens is 1. The van der Waals surface area contributed by atoms with E-state index in [1.54, 1.807) is 24.3 Å². The van der Waals surface area contributed by atoms with Gasteiger partial charge in [0.25, 0.3) is 5.91 Å². The fraction of sp³-hybridized carbons (Fsp3) is 0.111. The average Bonchev–Trinajstić information content (AvgIpc) is 3.09. The highest BCUT2D eigenvalue weighted by atomic mass is 16.2. The van der Waals surface area contributed by atoms with Gasteiger partial charge >= 0.3 is 0 Å². The maximum Gasteiger partial charge on any atom is 0.251 e. The molecule has 1 heterocycles. The van der Waals surface area contributed by atoms with Gasteiger partial charge in [0, 0.05) is 11.1 Å². The molecule has 0 radical (unpaired) electrons. The Morgan fingerprint density at radius 2 is 1.76 bits per heavy atom. The van der Waals surface area contributed by atoms with Crippen LogP contribution in [-0.2, 0) is 4.79 Å². The summed E-state index contributed by atoms with van der Waals surface area (Å²) in [5, 5.41) is 11.8. The van der Waals surface area contributed by atoms with E-state index in [2.05, 4.69) is 25.8 Å². The molecule has 126 valence electrons. The van der Waals surface area contributed by atoms with Gasteiger partial charge in [0.1, 0.15) is 0 Å². The van der Waals surface area contributed by atoms with Crippen LogP contribution in [0.5, 0.6) is 0 Å². The van der Waals surface area contributed by atoms with Crippen molar-refractivity contribution in [3.05, 3.63) is 65.7 Å². The topological polar surface area (TPSA) is 99.8 Å². The minimum absolute atomic E-state index is 0.162. The molecule has 7 heteroatoms. The summed E-state index contributed by atoms with van der Waals surface area (Å²) >= 11 is 0. The Kier molecular flexibility index (Phi) is 4.84. The van der Waals surface area contributed by atoms with Crippen molar-refractivity contribution in [1.29, 1.82) is 0 Å². The van der Waals surface area contributed by atoms with Crippen LogP contribution in [0, 0.1) is 6.92 Å². The second-order valence-electron chi connectivity index (χ2n) is 5.47. The van der Waals surface area contributed by atoms with Gasteiger partial charge in [-0.15, -0.1) is 5.10 Å². The summed E-state index contributed by atoms with van der Waals surface area (Å²) in [5.41, 5.74) is 2.51. The van der Waals surface area contributed by atoms with Gasteiger partial charge in [-0.05, 0) is 19.1 Å². The van der Waals surface area contributed by atoms with Crippen molar-refractivity contribution < 1.29 is 9.59 Å². The molecular formula is C18H17N5O2. The van der Waals surface area contributed by atoms with Gasteiger partial charge in [-0.25, -0.2) is 0 Å². The molecule has 1 aromatic heterocycles. The van der Waals surface area contributed by atoms with E-state index < -0.39 is 5.91 Å². The lowest BCUT2D eigenvalue weighted by Gasteiger charge is -2.04. The minimum atomic E-state index is -0.404. The molecule has 0 saturated carbocycles. The van der Waals surface area contributed by atoms with E-state index in [0.717, 1.165) is 11.1 Å². The van der Waals surface area contributed by atoms with E-state index in [9.17, 15) is 9.59 Å². The van der Waals surface area contributed by atoms with Gasteiger partial charge in [0.05, 0.1) is 6.54 Å². The fourth-order valence-electron chi connectivity index (χ4n) is 2.18. The quantitative estimate of drug-likeness (QED) is 0.665. The van der Waals surface area contributed by atoms with Crippen molar-refractivity contribution in [3.63, 3.8) is 0 Å². The molecule has 25 heavy (non-hydrogen) atoms. The van der Waals surface area contributed by atoms with Crippen LogP contribution in [0.2, 0.25) is 0 Å². The van der Waals surface area contributed by atoms with Gasteiger partial charge in [-0.2, -0.15) is 4.98 Å². The molecule has 0 aliphatic carbocycles. The smallest absolute Gasteiger partial charge is 0.251 e. The Morgan fingerprint density at radius 1 is 1.04 bits per heavy atom. The number of benzene rings is 2. The maximum absolute atomic E-state index is 11.9. The first-order valence-electron chi connectivity index (χ1n) is 7.74. The molecule has 0 unspecified atom stereocenters. The van der Waals surface area contributed by atoms with Crippen molar-refractivity contribution in [1.82, 2.24) is 20.5 Å². The van der Waals surface area contributed by atoms with Gasteiger partial charge in [-0.3, -0.25) is 20.0 Å². The number of rotatable bonds is 5. The first-order valence-corrected chi connectivity index (χ1v) is 7.74. The average molecular weight is 335 g/mol. The number of aromatic amines is 1. The van der Waals surface area contributed by atoms with Gasteiger partial charge in [-0.1, -0.05) is 48.0 Å². The Hall–Kier alpha value is -3.48. The third-order valence-corrected chi connectivity index (χ3v) is 3.51. The molecule has 0 saturated heterocycles. The molecule has 3 rings (SSSR count). The molecule has 0 aliphatic heterocycles. The molecule has 2 aromatic carbocycles. The Morgan fingerprint density at radius 3 is 2.48 bits per heavy atom. The Balaban J connectivity index is 1.55. The number of anilines is 1. The zero-order valence-corrected chi connectivity index (χ0v) is 13.6. The molecule has 7 nitrogen and oxygen atoms in total. The summed E-state index contributed by atoms with van der Waals surface area (Å²) in [6, 6.07) is 16.5. The molecule has 2 amide bonds. The van der Waals surface area contributed by atoms with E-state index in [1.165, 1.54) is 0 Å². The van der Waals surface area contributed by atoms with Crippen LogP contribution >= 0.6 is 0 Å². The van der Waals surface area contributed by atoms with Crippen molar-refractivity contribution in [2.24, 2.45) is 0 Å². The van der Waals surface area contributed by atoms with Crippen LogP contribution in [0.25, 0.3) is 11.4 Å². The van der Waals surface area contributed by atoms with Crippen LogP contribution in [0.4, 0.5) is 5.95 Å². The monoisotopic (exact) mass is 335 g/mol. The van der Waals surface area contributed by atoms with Gasteiger partial charge in [0.2, 0.25) is 11.9 Å². The lowest BCUT2D eigenvalue weighted by atomic mass is 10.1. The first-order chi connectivity index (χ1) is 12.1. The summed E-state index contributed by atoms with van der Waals surface area (Å²) in [4.78, 5) is 28.0. The number of nitrogens with one attached hydrogen (secondary N) is 3. The molecule has 3 N–H and O–H groups in total. The van der Waals surface area contributed by atoms with Crippen molar-refractivity contribution >= 4 is 17.8 Å². The Bertz CT molecular complexity index is 872. The first kappa shape index (κ1) is 16.4. The molecule has 0 spiro atoms. The van der Waals surface area contributed by atoms with Crippen LogP contribution in [0.1, 0.15) is 15.9 Å². The second kappa shape index (κ2) is 7.39. The highest BCUT2D eigenvalue weighted by Crippen LogP contribution is 2.16.